The van der Waals surface area contributed by atoms with Crippen LogP contribution in [0, 0.1) is 5.82 Å². The van der Waals surface area contributed by atoms with Crippen molar-refractivity contribution in [2.45, 2.75) is 19.1 Å². The van der Waals surface area contributed by atoms with Gasteiger partial charge in [0.1, 0.15) is 29.7 Å². The van der Waals surface area contributed by atoms with Gasteiger partial charge in [0.25, 0.3) is 5.91 Å². The van der Waals surface area contributed by atoms with Crippen LogP contribution in [0.25, 0.3) is 11.0 Å². The van der Waals surface area contributed by atoms with Crippen LogP contribution >= 0.6 is 11.6 Å². The molecule has 10 heteroatoms. The summed E-state index contributed by atoms with van der Waals surface area (Å²) in [7, 11) is 1.56. The first-order valence-corrected chi connectivity index (χ1v) is 12.8. The zero-order valence-electron chi connectivity index (χ0n) is 21.5. The van der Waals surface area contributed by atoms with E-state index in [1.165, 1.54) is 21.7 Å². The van der Waals surface area contributed by atoms with Gasteiger partial charge in [-0.2, -0.15) is 0 Å². The maximum Gasteiger partial charge on any atom is 0.251 e. The molecule has 1 atom stereocenters. The number of para-hydroxylation sites is 1. The number of halogens is 2. The number of aromatic nitrogens is 3. The van der Waals surface area contributed by atoms with E-state index in [9.17, 15) is 14.0 Å². The first kappa shape index (κ1) is 26.8. The molecule has 0 unspecified atom stereocenters. The molecule has 0 fully saturated rings. The number of hydrogen-bond acceptors (Lipinski definition) is 5. The van der Waals surface area contributed by atoms with Crippen LogP contribution < -0.4 is 10.1 Å². The summed E-state index contributed by atoms with van der Waals surface area (Å²) in [5.41, 5.74) is 3.06. The first-order chi connectivity index (χ1) is 19.4. The summed E-state index contributed by atoms with van der Waals surface area (Å²) < 4.78 is 20.4. The van der Waals surface area contributed by atoms with Gasteiger partial charge in [-0.25, -0.2) is 9.07 Å². The Labute approximate surface area is 234 Å². The Bertz CT molecular complexity index is 1620. The highest BCUT2D eigenvalue weighted by atomic mass is 35.5. The van der Waals surface area contributed by atoms with Crippen molar-refractivity contribution in [3.8, 4) is 5.75 Å². The third-order valence-electron chi connectivity index (χ3n) is 6.40. The molecule has 1 heterocycles. The molecule has 0 aliphatic heterocycles. The normalized spacial score (nSPS) is 11.7. The lowest BCUT2D eigenvalue weighted by molar-refractivity contribution is -0.140. The van der Waals surface area contributed by atoms with Crippen LogP contribution in [0.2, 0.25) is 5.02 Å². The molecule has 4 aromatic carbocycles. The number of methoxy groups -OCH3 is 1. The van der Waals surface area contributed by atoms with Crippen LogP contribution in [0.1, 0.15) is 17.2 Å². The topological polar surface area (TPSA) is 89.4 Å². The molecule has 5 aromatic rings. The average Bonchev–Trinajstić information content (AvgIpc) is 3.37. The van der Waals surface area contributed by atoms with Crippen molar-refractivity contribution in [1.29, 1.82) is 0 Å². The molecule has 1 N–H and O–H groups in total. The quantitative estimate of drug-likeness (QED) is 0.253. The number of rotatable bonds is 9. The van der Waals surface area contributed by atoms with Crippen molar-refractivity contribution in [1.82, 2.24) is 19.9 Å². The number of anilines is 1. The molecule has 40 heavy (non-hydrogen) atoms. The second-order valence-corrected chi connectivity index (χ2v) is 9.49. The van der Waals surface area contributed by atoms with Gasteiger partial charge in [0.15, 0.2) is 0 Å². The molecule has 202 valence electrons. The van der Waals surface area contributed by atoms with Crippen molar-refractivity contribution < 1.29 is 18.7 Å². The van der Waals surface area contributed by atoms with E-state index in [2.05, 4.69) is 15.6 Å². The molecule has 0 aliphatic carbocycles. The molecule has 0 spiro atoms. The maximum absolute atomic E-state index is 14.0. The van der Waals surface area contributed by atoms with E-state index < -0.39 is 17.8 Å². The first-order valence-electron chi connectivity index (χ1n) is 12.4. The van der Waals surface area contributed by atoms with Crippen LogP contribution in [-0.4, -0.2) is 38.8 Å². The standard InChI is InChI=1S/C30H25ClFN5O3/c1-40-25-16-14-24(15-17-25)33-30(39)29(21-8-10-22(31)11-9-21)36(18-20-6-12-23(32)13-7-20)28(38)19-37-27-5-3-2-4-26(27)34-35-37/h2-17,29H,18-19H2,1H3,(H,33,39)/t29-/m1/s1. The monoisotopic (exact) mass is 557 g/mol. The number of amides is 2. The van der Waals surface area contributed by atoms with Crippen LogP contribution in [0.4, 0.5) is 10.1 Å². The number of carbonyl (C=O) groups is 2. The van der Waals surface area contributed by atoms with Crippen molar-refractivity contribution in [3.05, 3.63) is 119 Å². The Morgan fingerprint density at radius 3 is 2.38 bits per heavy atom. The van der Waals surface area contributed by atoms with E-state index in [0.717, 1.165) is 0 Å². The highest BCUT2D eigenvalue weighted by molar-refractivity contribution is 6.30. The van der Waals surface area contributed by atoms with Crippen LogP contribution in [-0.2, 0) is 22.7 Å². The van der Waals surface area contributed by atoms with E-state index in [0.29, 0.717) is 38.6 Å². The van der Waals surface area contributed by atoms with E-state index in [1.54, 1.807) is 73.8 Å². The molecule has 0 saturated carbocycles. The summed E-state index contributed by atoms with van der Waals surface area (Å²) in [5, 5.41) is 11.7. The molecule has 2 amide bonds. The predicted molar refractivity (Wildman–Crippen MR) is 150 cm³/mol. The number of ether oxygens (including phenoxy) is 1. The van der Waals surface area contributed by atoms with Gasteiger partial charge in [-0.1, -0.05) is 53.2 Å². The van der Waals surface area contributed by atoms with Crippen LogP contribution in [0.3, 0.4) is 0 Å². The van der Waals surface area contributed by atoms with E-state index in [4.69, 9.17) is 16.3 Å². The van der Waals surface area contributed by atoms with Crippen molar-refractivity contribution in [2.24, 2.45) is 0 Å². The van der Waals surface area contributed by atoms with Gasteiger partial charge in [-0.3, -0.25) is 9.59 Å². The summed E-state index contributed by atoms with van der Waals surface area (Å²) in [6.07, 6.45) is 0. The van der Waals surface area contributed by atoms with Crippen molar-refractivity contribution in [3.63, 3.8) is 0 Å². The largest absolute Gasteiger partial charge is 0.497 e. The Morgan fingerprint density at radius 1 is 0.975 bits per heavy atom. The maximum atomic E-state index is 14.0. The SMILES string of the molecule is COc1ccc(NC(=O)[C@@H](c2ccc(Cl)cc2)N(Cc2ccc(F)cc2)C(=O)Cn2nnc3ccccc32)cc1. The number of fused-ring (bicyclic) bond motifs is 1. The molecule has 1 aromatic heterocycles. The van der Waals surface area contributed by atoms with Crippen molar-refractivity contribution >= 4 is 40.1 Å². The molecule has 0 bridgehead atoms. The zero-order valence-corrected chi connectivity index (χ0v) is 22.3. The number of carbonyl (C=O) groups excluding carboxylic acids is 2. The molecule has 8 nitrogen and oxygen atoms in total. The molecule has 0 radical (unpaired) electrons. The fourth-order valence-corrected chi connectivity index (χ4v) is 4.49. The predicted octanol–water partition coefficient (Wildman–Crippen LogP) is 5.64. The Morgan fingerprint density at radius 2 is 1.68 bits per heavy atom. The van der Waals surface area contributed by atoms with Gasteiger partial charge >= 0.3 is 0 Å². The van der Waals surface area contributed by atoms with Gasteiger partial charge in [-0.15, -0.1) is 5.10 Å². The van der Waals surface area contributed by atoms with Crippen molar-refractivity contribution in [2.75, 3.05) is 12.4 Å². The highest BCUT2D eigenvalue weighted by Gasteiger charge is 2.32. The van der Waals surface area contributed by atoms with Gasteiger partial charge in [0.2, 0.25) is 5.91 Å². The van der Waals surface area contributed by atoms with Crippen LogP contribution in [0.5, 0.6) is 5.75 Å². The fraction of sp³-hybridized carbons (Fsp3) is 0.133. The zero-order chi connectivity index (χ0) is 28.1. The number of nitrogens with zero attached hydrogens (tertiary/aromatic N) is 4. The molecule has 0 aliphatic rings. The smallest absolute Gasteiger partial charge is 0.251 e. The van der Waals surface area contributed by atoms with Crippen LogP contribution in [0.15, 0.2) is 97.1 Å². The third kappa shape index (κ3) is 6.10. The summed E-state index contributed by atoms with van der Waals surface area (Å²) in [5.74, 6) is -0.584. The second kappa shape index (κ2) is 12.0. The lowest BCUT2D eigenvalue weighted by Gasteiger charge is -2.31. The molecular formula is C30H25ClFN5O3. The number of benzene rings is 4. The molecule has 0 saturated heterocycles. The number of nitrogens with one attached hydrogen (secondary N) is 1. The fourth-order valence-electron chi connectivity index (χ4n) is 4.37. The summed E-state index contributed by atoms with van der Waals surface area (Å²) in [6.45, 7) is -0.128. The van der Waals surface area contributed by atoms with Gasteiger partial charge < -0.3 is 15.0 Å². The molecular weight excluding hydrogens is 533 g/mol. The minimum absolute atomic E-state index is 0.0368. The summed E-state index contributed by atoms with van der Waals surface area (Å²) in [6, 6.07) is 25.7. The number of hydrogen-bond donors (Lipinski definition) is 1. The minimum atomic E-state index is -1.05. The van der Waals surface area contributed by atoms with E-state index >= 15 is 0 Å². The average molecular weight is 558 g/mol. The summed E-state index contributed by atoms with van der Waals surface area (Å²) in [4.78, 5) is 29.3. The van der Waals surface area contributed by atoms with Gasteiger partial charge in [0.05, 0.1) is 12.6 Å². The van der Waals surface area contributed by atoms with Gasteiger partial charge in [-0.05, 0) is 71.8 Å². The minimum Gasteiger partial charge on any atom is -0.497 e. The summed E-state index contributed by atoms with van der Waals surface area (Å²) >= 11 is 6.14. The van der Waals surface area contributed by atoms with E-state index in [-0.39, 0.29) is 19.0 Å². The Balaban J connectivity index is 1.53. The van der Waals surface area contributed by atoms with E-state index in [1.807, 2.05) is 18.2 Å². The third-order valence-corrected chi connectivity index (χ3v) is 6.65. The lowest BCUT2D eigenvalue weighted by atomic mass is 10.0. The second-order valence-electron chi connectivity index (χ2n) is 9.06. The van der Waals surface area contributed by atoms with Gasteiger partial charge in [0, 0.05) is 17.3 Å². The molecule has 5 rings (SSSR count). The lowest BCUT2D eigenvalue weighted by Crippen LogP contribution is -2.42. The highest BCUT2D eigenvalue weighted by Crippen LogP contribution is 2.28. The Hall–Kier alpha value is -4.76. The Kier molecular flexibility index (Phi) is 8.02.